The summed E-state index contributed by atoms with van der Waals surface area (Å²) in [6.07, 6.45) is -0.550. The van der Waals surface area contributed by atoms with Crippen LogP contribution in [0.4, 0.5) is 4.79 Å². The van der Waals surface area contributed by atoms with E-state index in [1.807, 2.05) is 20.8 Å². The normalized spacial score (nSPS) is 29.4. The summed E-state index contributed by atoms with van der Waals surface area (Å²) in [5.41, 5.74) is -0.481. The summed E-state index contributed by atoms with van der Waals surface area (Å²) in [7, 11) is 1.66. The van der Waals surface area contributed by atoms with E-state index in [-0.39, 0.29) is 24.3 Å². The van der Waals surface area contributed by atoms with Gasteiger partial charge in [0.15, 0.2) is 0 Å². The molecule has 110 valence electrons. The number of rotatable bonds is 2. The van der Waals surface area contributed by atoms with Crippen molar-refractivity contribution in [3.8, 4) is 0 Å². The number of carbonyl (C=O) groups excluding carboxylic acids is 1. The van der Waals surface area contributed by atoms with E-state index in [0.717, 1.165) is 0 Å². The molecule has 2 atom stereocenters. The van der Waals surface area contributed by atoms with E-state index in [1.165, 1.54) is 0 Å². The van der Waals surface area contributed by atoms with Gasteiger partial charge in [0.25, 0.3) is 0 Å². The molecule has 2 aliphatic rings. The number of carbonyl (C=O) groups is 1. The van der Waals surface area contributed by atoms with Crippen LogP contribution in [0.2, 0.25) is 0 Å². The van der Waals surface area contributed by atoms with Crippen molar-refractivity contribution in [1.29, 1.82) is 0 Å². The van der Waals surface area contributed by atoms with Gasteiger partial charge in [-0.25, -0.2) is 4.79 Å². The molecular weight excluding hydrogens is 248 g/mol. The molecule has 0 bridgehead atoms. The van der Waals surface area contributed by atoms with Gasteiger partial charge in [0.1, 0.15) is 5.60 Å². The lowest BCUT2D eigenvalue weighted by atomic mass is 10.1. The van der Waals surface area contributed by atoms with Gasteiger partial charge in [-0.1, -0.05) is 0 Å². The van der Waals surface area contributed by atoms with Crippen molar-refractivity contribution in [3.63, 3.8) is 0 Å². The maximum atomic E-state index is 12.0. The Kier molecular flexibility index (Phi) is 4.03. The second kappa shape index (κ2) is 5.26. The molecule has 1 amide bonds. The molecule has 6 heteroatoms. The van der Waals surface area contributed by atoms with E-state index in [4.69, 9.17) is 9.47 Å². The van der Waals surface area contributed by atoms with Crippen molar-refractivity contribution in [2.45, 2.75) is 44.6 Å². The van der Waals surface area contributed by atoms with E-state index in [1.54, 1.807) is 12.0 Å². The number of aliphatic hydroxyl groups is 1. The maximum absolute atomic E-state index is 12.0. The van der Waals surface area contributed by atoms with E-state index < -0.39 is 5.60 Å². The monoisotopic (exact) mass is 272 g/mol. The predicted octanol–water partition coefficient (Wildman–Crippen LogP) is 0.297. The molecule has 0 saturated carbocycles. The summed E-state index contributed by atoms with van der Waals surface area (Å²) in [5, 5.41) is 9.38. The van der Waals surface area contributed by atoms with Crippen LogP contribution in [0.1, 0.15) is 20.8 Å². The van der Waals surface area contributed by atoms with Crippen LogP contribution < -0.4 is 0 Å². The highest BCUT2D eigenvalue weighted by molar-refractivity contribution is 5.68. The Morgan fingerprint density at radius 2 is 1.84 bits per heavy atom. The summed E-state index contributed by atoms with van der Waals surface area (Å²) in [5.74, 6) is 0. The molecule has 2 unspecified atom stereocenters. The van der Waals surface area contributed by atoms with Crippen LogP contribution in [0.3, 0.4) is 0 Å². The summed E-state index contributed by atoms with van der Waals surface area (Å²) in [6.45, 7) is 8.04. The van der Waals surface area contributed by atoms with Crippen LogP contribution in [-0.4, -0.2) is 78.1 Å². The van der Waals surface area contributed by atoms with Gasteiger partial charge in [0, 0.05) is 26.7 Å². The van der Waals surface area contributed by atoms with Crippen LogP contribution in [-0.2, 0) is 9.47 Å². The fourth-order valence-corrected chi connectivity index (χ4v) is 2.57. The molecule has 0 aromatic heterocycles. The highest BCUT2D eigenvalue weighted by atomic mass is 16.6. The van der Waals surface area contributed by atoms with Gasteiger partial charge >= 0.3 is 6.09 Å². The molecule has 2 saturated heterocycles. The Bertz CT molecular complexity index is 336. The van der Waals surface area contributed by atoms with Crippen LogP contribution in [0.15, 0.2) is 0 Å². The number of ether oxygens (including phenoxy) is 2. The first kappa shape index (κ1) is 14.6. The quantitative estimate of drug-likeness (QED) is 0.783. The Balaban J connectivity index is 1.93. The minimum absolute atomic E-state index is 0.0139. The zero-order chi connectivity index (χ0) is 14.2. The third kappa shape index (κ3) is 3.38. The topological polar surface area (TPSA) is 62.2 Å². The highest BCUT2D eigenvalue weighted by Crippen LogP contribution is 2.24. The van der Waals surface area contributed by atoms with E-state index in [0.29, 0.717) is 26.2 Å². The van der Waals surface area contributed by atoms with Crippen molar-refractivity contribution in [2.24, 2.45) is 0 Å². The minimum Gasteiger partial charge on any atom is -0.444 e. The van der Waals surface area contributed by atoms with Gasteiger partial charge in [-0.2, -0.15) is 0 Å². The summed E-state index contributed by atoms with van der Waals surface area (Å²) >= 11 is 0. The Morgan fingerprint density at radius 1 is 1.21 bits per heavy atom. The number of hydrogen-bond donors (Lipinski definition) is 1. The van der Waals surface area contributed by atoms with Crippen molar-refractivity contribution in [3.05, 3.63) is 0 Å². The average Bonchev–Trinajstić information content (AvgIpc) is 2.66. The number of aliphatic hydroxyl groups excluding tert-OH is 1. The highest BCUT2D eigenvalue weighted by Gasteiger charge is 2.43. The molecule has 2 fully saturated rings. The Labute approximate surface area is 114 Å². The molecule has 0 spiro atoms. The lowest BCUT2D eigenvalue weighted by Gasteiger charge is -2.41. The minimum atomic E-state index is -0.481. The third-order valence-corrected chi connectivity index (χ3v) is 3.55. The molecule has 2 rings (SSSR count). The number of nitrogens with zero attached hydrogens (tertiary/aromatic N) is 2. The number of hydrogen-bond acceptors (Lipinski definition) is 5. The van der Waals surface area contributed by atoms with Gasteiger partial charge < -0.3 is 19.5 Å². The fraction of sp³-hybridized carbons (Fsp3) is 0.923. The Morgan fingerprint density at radius 3 is 2.32 bits per heavy atom. The first-order valence-corrected chi connectivity index (χ1v) is 6.73. The molecule has 2 heterocycles. The number of methoxy groups -OCH3 is 1. The first-order valence-electron chi connectivity index (χ1n) is 6.73. The van der Waals surface area contributed by atoms with Gasteiger partial charge in [0.05, 0.1) is 24.8 Å². The second-order valence-corrected chi connectivity index (χ2v) is 6.33. The molecular formula is C13H24N2O4. The van der Waals surface area contributed by atoms with Gasteiger partial charge in [-0.05, 0) is 20.8 Å². The average molecular weight is 272 g/mol. The largest absolute Gasteiger partial charge is 0.444 e. The maximum Gasteiger partial charge on any atom is 0.410 e. The lowest BCUT2D eigenvalue weighted by molar-refractivity contribution is -0.0541. The van der Waals surface area contributed by atoms with Crippen LogP contribution >= 0.6 is 0 Å². The fourth-order valence-electron chi connectivity index (χ4n) is 2.57. The van der Waals surface area contributed by atoms with Crippen LogP contribution in [0.25, 0.3) is 0 Å². The van der Waals surface area contributed by atoms with Crippen LogP contribution in [0.5, 0.6) is 0 Å². The SMILES string of the molecule is COC1CN(C(=O)OC(C)(C)C)CC1N1CC(O)C1. The van der Waals surface area contributed by atoms with Gasteiger partial charge in [-0.3, -0.25) is 4.90 Å². The third-order valence-electron chi connectivity index (χ3n) is 3.55. The van der Waals surface area contributed by atoms with Crippen LogP contribution in [0, 0.1) is 0 Å². The molecule has 2 aliphatic heterocycles. The van der Waals surface area contributed by atoms with Gasteiger partial charge in [-0.15, -0.1) is 0 Å². The molecule has 0 aromatic carbocycles. The second-order valence-electron chi connectivity index (χ2n) is 6.33. The molecule has 0 aliphatic carbocycles. The number of β-amino-alcohol motifs (C(OH)–C–C–N with tert-alkyl or cyclic N) is 1. The van der Waals surface area contributed by atoms with Gasteiger partial charge in [0.2, 0.25) is 0 Å². The number of likely N-dealkylation sites (tertiary alicyclic amines) is 2. The molecule has 6 nitrogen and oxygen atoms in total. The summed E-state index contributed by atoms with van der Waals surface area (Å²) < 4.78 is 10.8. The lowest BCUT2D eigenvalue weighted by Crippen LogP contribution is -2.59. The number of amides is 1. The van der Waals surface area contributed by atoms with E-state index >= 15 is 0 Å². The zero-order valence-electron chi connectivity index (χ0n) is 12.1. The van der Waals surface area contributed by atoms with Crippen molar-refractivity contribution < 1.29 is 19.4 Å². The summed E-state index contributed by atoms with van der Waals surface area (Å²) in [4.78, 5) is 15.9. The van der Waals surface area contributed by atoms with E-state index in [2.05, 4.69) is 4.90 Å². The molecule has 0 aromatic rings. The summed E-state index contributed by atoms with van der Waals surface area (Å²) in [6, 6.07) is 0.154. The van der Waals surface area contributed by atoms with E-state index in [9.17, 15) is 9.90 Å². The first-order chi connectivity index (χ1) is 8.80. The van der Waals surface area contributed by atoms with Crippen molar-refractivity contribution >= 4 is 6.09 Å². The molecule has 0 radical (unpaired) electrons. The standard InChI is InChI=1S/C13H24N2O4/c1-13(2,3)19-12(17)15-7-10(11(8-15)18-4)14-5-9(16)6-14/h9-11,16H,5-8H2,1-4H3. The van der Waals surface area contributed by atoms with Crippen molar-refractivity contribution in [2.75, 3.05) is 33.3 Å². The zero-order valence-corrected chi connectivity index (χ0v) is 12.1. The Hall–Kier alpha value is -0.850. The molecule has 19 heavy (non-hydrogen) atoms. The van der Waals surface area contributed by atoms with Crippen molar-refractivity contribution in [1.82, 2.24) is 9.80 Å². The molecule has 1 N–H and O–H groups in total. The smallest absolute Gasteiger partial charge is 0.410 e. The predicted molar refractivity (Wildman–Crippen MR) is 70.0 cm³/mol.